The van der Waals surface area contributed by atoms with Crippen molar-refractivity contribution in [1.29, 1.82) is 10.5 Å². The molecule has 2 fully saturated rings. The van der Waals surface area contributed by atoms with Crippen molar-refractivity contribution in [1.82, 2.24) is 29.8 Å². The number of nitriles is 2. The third-order valence-electron chi connectivity index (χ3n) is 21.9. The SMILES string of the molecule is C[C@@H](CN1CCN(c2ccc(C#N)cc2Cl)[C@H](c2ccc(Cl)cc2)C1)N1C(=O)c2ccccc2C1=O.C[C@@H](CO)N1C(=O)c2ccccc2C1=O.C[C@@H](COS(=O)(=O)C(F)(F)F)N1C(=O)c2ccccc2C1=O.C[C@@H](COS(=O)(=O)C(F)(F)F)N1C(=O)c2ccccc2C1=O.C[C@H](N)CO.N#Cc1ccc(N2CCNC[C@H]2c2ccc(Cl)cc2)c(Cl)c1.O=C1OC(=O)c2ccccc21.O=S(=O)(OS(=O)(=O)C(F)(F)F)C(F)(F)F. The first-order valence-corrected chi connectivity index (χ1v) is 50.1. The van der Waals surface area contributed by atoms with Crippen molar-refractivity contribution in [3.8, 4) is 12.1 Å². The minimum atomic E-state index is -6.85. The van der Waals surface area contributed by atoms with Gasteiger partial charge in [-0.1, -0.05) is 131 Å². The number of piperazine rings is 2. The Bertz CT molecular complexity index is 6760. The van der Waals surface area contributed by atoms with Crippen LogP contribution in [0.4, 0.5) is 64.1 Å². The average molecular weight is 2240 g/mol. The molecule has 35 nitrogen and oxygen atoms in total. The third-order valence-corrected chi connectivity index (χ3v) is 27.6. The number of hydrogen-bond acceptors (Lipinski definition) is 31. The summed E-state index contributed by atoms with van der Waals surface area (Å²) in [5, 5.41) is 41.1. The topological polar surface area (TPSA) is 493 Å². The van der Waals surface area contributed by atoms with E-state index in [1.807, 2.05) is 77.3 Å². The number of nitrogens with one attached hydrogen (secondary N) is 1. The lowest BCUT2D eigenvalue weighted by atomic mass is 10.0. The maximum absolute atomic E-state index is 13.0. The molecule has 9 aromatic carbocycles. The van der Waals surface area contributed by atoms with E-state index in [1.54, 1.807) is 105 Å². The Morgan fingerprint density at radius 2 is 0.682 bits per heavy atom. The summed E-state index contributed by atoms with van der Waals surface area (Å²) in [5.41, 5.74) is -10.5. The van der Waals surface area contributed by atoms with E-state index in [4.69, 9.17) is 67.6 Å². The quantitative estimate of drug-likeness (QED) is 0.0137. The number of amides is 8. The number of aliphatic hydroxyl groups excluding tert-OH is 2. The van der Waals surface area contributed by atoms with E-state index in [9.17, 15) is 140 Å². The summed E-state index contributed by atoms with van der Waals surface area (Å²) in [6, 6.07) is 59.6. The molecule has 7 aliphatic rings. The van der Waals surface area contributed by atoms with E-state index in [1.165, 1.54) is 72.8 Å². The summed E-state index contributed by atoms with van der Waals surface area (Å²) >= 11 is 25.1. The molecule has 0 bridgehead atoms. The highest BCUT2D eigenvalue weighted by atomic mass is 35.5. The Morgan fingerprint density at radius 1 is 0.399 bits per heavy atom. The van der Waals surface area contributed by atoms with Crippen molar-refractivity contribution in [3.05, 3.63) is 304 Å². The van der Waals surface area contributed by atoms with Crippen LogP contribution in [0.2, 0.25) is 20.1 Å². The Hall–Kier alpha value is -12.9. The number of nitrogens with zero attached hydrogens (tertiary/aromatic N) is 9. The van der Waals surface area contributed by atoms with E-state index in [2.05, 4.69) is 45.3 Å². The lowest BCUT2D eigenvalue weighted by molar-refractivity contribution is -0.0588. The Kier molecular flexibility index (Phi) is 39.6. The van der Waals surface area contributed by atoms with Gasteiger partial charge in [0.2, 0.25) is 0 Å². The van der Waals surface area contributed by atoms with Crippen molar-refractivity contribution < 1.29 is 161 Å². The fourth-order valence-electron chi connectivity index (χ4n) is 14.7. The van der Waals surface area contributed by atoms with Crippen LogP contribution >= 0.6 is 46.4 Å². The number of fused-ring (bicyclic) bond motifs is 5. The monoisotopic (exact) mass is 2230 g/mol. The maximum atomic E-state index is 13.0. The highest BCUT2D eigenvalue weighted by Gasteiger charge is 2.58. The fraction of sp³-hybridized carbons (Fsp3) is 0.290. The van der Waals surface area contributed by atoms with Crippen molar-refractivity contribution >= 4 is 157 Å². The van der Waals surface area contributed by atoms with Gasteiger partial charge in [0.15, 0.2) is 0 Å². The molecule has 5 N–H and O–H groups in total. The number of halogens is 16. The molecule has 16 rings (SSSR count). The molecular weight excluding hydrogens is 2150 g/mol. The van der Waals surface area contributed by atoms with Crippen LogP contribution in [0.1, 0.15) is 173 Å². The molecule has 9 aromatic rings. The number of alkyl halides is 12. The minimum absolute atomic E-state index is 0.0316. The molecule has 7 atom stereocenters. The fourth-order valence-corrected chi connectivity index (χ4v) is 18.1. The van der Waals surface area contributed by atoms with Crippen molar-refractivity contribution in [3.63, 3.8) is 0 Å². The van der Waals surface area contributed by atoms with Crippen molar-refractivity contribution in [2.75, 3.05) is 82.0 Å². The average Bonchev–Trinajstić information content (AvgIpc) is 1.64. The van der Waals surface area contributed by atoms with Crippen LogP contribution in [0, 0.1) is 22.7 Å². The van der Waals surface area contributed by atoms with Crippen LogP contribution in [0.25, 0.3) is 0 Å². The Labute approximate surface area is 856 Å². The molecule has 2 saturated heterocycles. The molecule has 0 spiro atoms. The zero-order valence-electron chi connectivity index (χ0n) is 77.1. The summed E-state index contributed by atoms with van der Waals surface area (Å²) in [6.45, 7) is 10.9. The number of imide groups is 4. The number of aliphatic hydroxyl groups is 2. The van der Waals surface area contributed by atoms with Crippen LogP contribution in [0.15, 0.2) is 206 Å². The number of cyclic esters (lactones) is 2. The van der Waals surface area contributed by atoms with Gasteiger partial charge in [-0.3, -0.25) is 71.2 Å². The van der Waals surface area contributed by atoms with E-state index in [0.717, 1.165) is 53.0 Å². The predicted octanol–water partition coefficient (Wildman–Crippen LogP) is 14.2. The standard InChI is InChI=1S/C28H24Cl2N4O2.C17H15Cl2N3.2C12H10F3NO5S.C11H11NO3.C8H4O3.C3H9NO.C2F6O5S2/c1-18(34-27(35)22-4-2-3-5-23(22)28(34)36)16-32-12-13-33(25-11-6-19(15-31)14-24(25)30)26(17-32)20-7-9-21(29)10-8-20;18-14-4-2-13(3-5-14)17-11-21-7-8-22(17)16-6-1-12(10-20)9-15(16)19;2*1-7(6-21-22(19,20)12(13,14)15)16-10(17)8-4-2-3-5-9(8)11(16)18;1-7(6-13)12-10(14)8-4-2-3-5-9(8)11(12)15;9-7-5-3-1-2-4-6(5)8(10)11-7;1-3(4)2-5;3-1(4,5)14(9,10)13-15(11,12)2(6,7)8/h2-11,14,18,26H,12-13,16-17H2,1H3;1-6,9,17,21H,7-8,11H2;2*2-5,7H,6H2,1H3;2-5,7,13H,6H2,1H3;1-4H;3,5H,2,4H2,1H3;/t18-,26-;17-;3*7-;;3-;/m00000.0./s1. The first-order chi connectivity index (χ1) is 69.1. The summed E-state index contributed by atoms with van der Waals surface area (Å²) in [4.78, 5) is 130. The summed E-state index contributed by atoms with van der Waals surface area (Å²) < 4.78 is 238. The van der Waals surface area contributed by atoms with Gasteiger partial charge >= 0.3 is 74.4 Å². The number of rotatable bonds is 20. The zero-order chi connectivity index (χ0) is 110. The second-order valence-corrected chi connectivity index (χ2v) is 40.5. The molecule has 148 heavy (non-hydrogen) atoms. The molecule has 0 radical (unpaired) electrons. The molecule has 790 valence electrons. The van der Waals surface area contributed by atoms with E-state index < -0.39 is 129 Å². The molecule has 0 aromatic heterocycles. The van der Waals surface area contributed by atoms with Crippen LogP contribution < -0.4 is 20.9 Å². The van der Waals surface area contributed by atoms with Crippen LogP contribution in [0.3, 0.4) is 0 Å². The van der Waals surface area contributed by atoms with Gasteiger partial charge in [0.05, 0.1) is 163 Å². The van der Waals surface area contributed by atoms with Crippen molar-refractivity contribution in [2.45, 2.75) is 98.9 Å². The third kappa shape index (κ3) is 28.4. The molecular formula is C93H83Cl4F12N11O24S4. The summed E-state index contributed by atoms with van der Waals surface area (Å²) in [7, 11) is -25.2. The second-order valence-electron chi connectivity index (χ2n) is 32.3. The number of carbonyl (C=O) groups excluding carboxylic acids is 10. The predicted molar refractivity (Wildman–Crippen MR) is 507 cm³/mol. The molecule has 7 heterocycles. The molecule has 0 aliphatic carbocycles. The molecule has 7 aliphatic heterocycles. The largest absolute Gasteiger partial charge is 0.524 e. The lowest BCUT2D eigenvalue weighted by Crippen LogP contribution is -2.53. The molecule has 0 unspecified atom stereocenters. The second kappa shape index (κ2) is 49.5. The first kappa shape index (κ1) is 119. The van der Waals surface area contributed by atoms with Gasteiger partial charge in [-0.15, -0.1) is 3.63 Å². The number of anilines is 2. The first-order valence-electron chi connectivity index (χ1n) is 42.9. The smallest absolute Gasteiger partial charge is 0.395 e. The number of ether oxygens (including phenoxy) is 1. The Morgan fingerprint density at radius 3 is 0.966 bits per heavy atom. The normalized spacial score (nSPS) is 17.1. The summed E-state index contributed by atoms with van der Waals surface area (Å²) in [6.07, 6.45) is 0. The Balaban J connectivity index is 0.000000196. The highest BCUT2D eigenvalue weighted by Crippen LogP contribution is 2.41. The molecule has 8 amide bonds. The van der Waals surface area contributed by atoms with Gasteiger partial charge in [-0.2, -0.15) is 96.9 Å². The minimum Gasteiger partial charge on any atom is -0.395 e. The zero-order valence-corrected chi connectivity index (χ0v) is 83.4. The number of hydrogen-bond donors (Lipinski definition) is 4. The van der Waals surface area contributed by atoms with Gasteiger partial charge in [0, 0.05) is 61.9 Å². The molecule has 55 heteroatoms. The van der Waals surface area contributed by atoms with Gasteiger partial charge in [0.25, 0.3) is 47.3 Å². The number of benzene rings is 9. The van der Waals surface area contributed by atoms with E-state index >= 15 is 0 Å². The van der Waals surface area contributed by atoms with E-state index in [-0.39, 0.29) is 83.3 Å². The van der Waals surface area contributed by atoms with E-state index in [0.29, 0.717) is 89.0 Å². The molecule has 0 saturated carbocycles. The maximum Gasteiger partial charge on any atom is 0.524 e. The van der Waals surface area contributed by atoms with Crippen LogP contribution in [0.5, 0.6) is 0 Å². The van der Waals surface area contributed by atoms with Crippen LogP contribution in [-0.2, 0) is 57.2 Å². The van der Waals surface area contributed by atoms with Crippen molar-refractivity contribution in [2.24, 2.45) is 5.73 Å². The number of carbonyl (C=O) groups is 10. The van der Waals surface area contributed by atoms with Gasteiger partial charge in [-0.05, 0) is 167 Å². The highest BCUT2D eigenvalue weighted by molar-refractivity contribution is 8.00. The van der Waals surface area contributed by atoms with Gasteiger partial charge < -0.3 is 35.8 Å². The number of nitrogens with two attached hydrogens (primary N) is 1. The van der Waals surface area contributed by atoms with Gasteiger partial charge in [-0.25, -0.2) is 9.59 Å². The lowest BCUT2D eigenvalue weighted by Gasteiger charge is -2.44. The van der Waals surface area contributed by atoms with Gasteiger partial charge in [0.1, 0.15) is 0 Å². The summed E-state index contributed by atoms with van der Waals surface area (Å²) in [5.74, 6) is -5.05. The van der Waals surface area contributed by atoms with Crippen LogP contribution in [-0.4, -0.2) is 252 Å². The number of esters is 2.